The SMILES string of the molecule is CN1CC2COCC(C1)N2I. The second-order valence-corrected chi connectivity index (χ2v) is 4.52. The molecular formula is C7H13IN2O. The van der Waals surface area contributed by atoms with E-state index in [4.69, 9.17) is 4.74 Å². The Morgan fingerprint density at radius 1 is 1.27 bits per heavy atom. The van der Waals surface area contributed by atoms with E-state index in [-0.39, 0.29) is 0 Å². The van der Waals surface area contributed by atoms with Crippen LogP contribution in [0, 0.1) is 0 Å². The number of ether oxygens (including phenoxy) is 1. The zero-order valence-corrected chi connectivity index (χ0v) is 8.82. The van der Waals surface area contributed by atoms with E-state index in [1.807, 2.05) is 0 Å². The van der Waals surface area contributed by atoms with Gasteiger partial charge >= 0.3 is 0 Å². The van der Waals surface area contributed by atoms with E-state index in [1.54, 1.807) is 0 Å². The first kappa shape index (κ1) is 8.22. The summed E-state index contributed by atoms with van der Waals surface area (Å²) in [6, 6.07) is 1.24. The normalized spacial score (nSPS) is 40.9. The highest BCUT2D eigenvalue weighted by atomic mass is 127. The minimum atomic E-state index is 0.619. The van der Waals surface area contributed by atoms with E-state index in [0.29, 0.717) is 12.1 Å². The van der Waals surface area contributed by atoms with Crippen molar-refractivity contribution < 1.29 is 4.74 Å². The molecule has 2 rings (SSSR count). The lowest BCUT2D eigenvalue weighted by molar-refractivity contribution is -0.0383. The molecule has 2 heterocycles. The third-order valence-corrected chi connectivity index (χ3v) is 3.94. The second kappa shape index (κ2) is 3.16. The van der Waals surface area contributed by atoms with Crippen LogP contribution in [0.3, 0.4) is 0 Å². The van der Waals surface area contributed by atoms with E-state index in [0.717, 1.165) is 26.3 Å². The van der Waals surface area contributed by atoms with Crippen LogP contribution in [0.25, 0.3) is 0 Å². The molecule has 0 spiro atoms. The molecule has 2 aliphatic rings. The maximum Gasteiger partial charge on any atom is 0.0643 e. The third kappa shape index (κ3) is 1.54. The molecule has 0 N–H and O–H groups in total. The lowest BCUT2D eigenvalue weighted by atomic mass is 10.1. The van der Waals surface area contributed by atoms with Gasteiger partial charge in [-0.25, -0.2) is 3.11 Å². The van der Waals surface area contributed by atoms with Crippen molar-refractivity contribution in [3.05, 3.63) is 0 Å². The number of piperazine rings is 1. The topological polar surface area (TPSA) is 15.7 Å². The van der Waals surface area contributed by atoms with Gasteiger partial charge in [0.05, 0.1) is 25.3 Å². The van der Waals surface area contributed by atoms with Crippen LogP contribution >= 0.6 is 22.9 Å². The Hall–Kier alpha value is 0.610. The van der Waals surface area contributed by atoms with E-state index >= 15 is 0 Å². The van der Waals surface area contributed by atoms with Crippen molar-refractivity contribution >= 4 is 22.9 Å². The van der Waals surface area contributed by atoms with Gasteiger partial charge in [-0.2, -0.15) is 0 Å². The molecule has 3 nitrogen and oxygen atoms in total. The van der Waals surface area contributed by atoms with Gasteiger partial charge in [-0.3, -0.25) is 0 Å². The summed E-state index contributed by atoms with van der Waals surface area (Å²) in [5.74, 6) is 0. The van der Waals surface area contributed by atoms with E-state index < -0.39 is 0 Å². The Balaban J connectivity index is 2.07. The molecule has 11 heavy (non-hydrogen) atoms. The Morgan fingerprint density at radius 2 is 1.82 bits per heavy atom. The van der Waals surface area contributed by atoms with Gasteiger partial charge in [0.15, 0.2) is 0 Å². The van der Waals surface area contributed by atoms with Crippen LogP contribution in [-0.2, 0) is 4.74 Å². The molecule has 2 bridgehead atoms. The molecule has 4 heteroatoms. The van der Waals surface area contributed by atoms with E-state index in [2.05, 4.69) is 37.9 Å². The van der Waals surface area contributed by atoms with Gasteiger partial charge < -0.3 is 9.64 Å². The summed E-state index contributed by atoms with van der Waals surface area (Å²) in [4.78, 5) is 2.40. The fourth-order valence-electron chi connectivity index (χ4n) is 1.84. The number of likely N-dealkylation sites (N-methyl/N-ethyl adjacent to an activating group) is 1. The molecule has 2 aliphatic heterocycles. The fraction of sp³-hybridized carbons (Fsp3) is 1.00. The van der Waals surface area contributed by atoms with Crippen molar-refractivity contribution in [1.82, 2.24) is 8.01 Å². The number of hydrogen-bond acceptors (Lipinski definition) is 3. The molecule has 2 atom stereocenters. The highest BCUT2D eigenvalue weighted by molar-refractivity contribution is 14.1. The van der Waals surface area contributed by atoms with Crippen LogP contribution in [0.4, 0.5) is 0 Å². The summed E-state index contributed by atoms with van der Waals surface area (Å²) in [6.45, 7) is 4.12. The van der Waals surface area contributed by atoms with Gasteiger partial charge in [-0.05, 0) is 7.05 Å². The molecule has 64 valence electrons. The molecule has 0 amide bonds. The first-order valence-electron chi connectivity index (χ1n) is 3.98. The van der Waals surface area contributed by atoms with Crippen LogP contribution in [-0.4, -0.2) is 53.4 Å². The van der Waals surface area contributed by atoms with Crippen molar-refractivity contribution in [1.29, 1.82) is 0 Å². The number of fused-ring (bicyclic) bond motifs is 2. The lowest BCUT2D eigenvalue weighted by Gasteiger charge is -2.45. The van der Waals surface area contributed by atoms with Gasteiger partial charge in [0, 0.05) is 36.0 Å². The van der Waals surface area contributed by atoms with Crippen molar-refractivity contribution in [3.63, 3.8) is 0 Å². The van der Waals surface area contributed by atoms with Crippen LogP contribution in [0.5, 0.6) is 0 Å². The summed E-state index contributed by atoms with van der Waals surface area (Å²) in [6.07, 6.45) is 0. The van der Waals surface area contributed by atoms with Gasteiger partial charge in [-0.15, -0.1) is 0 Å². The zero-order valence-electron chi connectivity index (χ0n) is 6.66. The molecule has 0 aromatic carbocycles. The Labute approximate surface area is 81.2 Å². The van der Waals surface area contributed by atoms with Crippen LogP contribution < -0.4 is 0 Å². The molecule has 2 unspecified atom stereocenters. The van der Waals surface area contributed by atoms with Gasteiger partial charge in [0.25, 0.3) is 0 Å². The number of nitrogens with zero attached hydrogens (tertiary/aromatic N) is 2. The van der Waals surface area contributed by atoms with E-state index in [9.17, 15) is 0 Å². The van der Waals surface area contributed by atoms with Gasteiger partial charge in [0.2, 0.25) is 0 Å². The third-order valence-electron chi connectivity index (χ3n) is 2.36. The molecule has 0 radical (unpaired) electrons. The molecule has 2 saturated heterocycles. The van der Waals surface area contributed by atoms with Gasteiger partial charge in [0.1, 0.15) is 0 Å². The highest BCUT2D eigenvalue weighted by Gasteiger charge is 2.35. The van der Waals surface area contributed by atoms with Crippen LogP contribution in [0.1, 0.15) is 0 Å². The van der Waals surface area contributed by atoms with Crippen molar-refractivity contribution in [2.24, 2.45) is 0 Å². The number of rotatable bonds is 0. The molecule has 0 saturated carbocycles. The molecular weight excluding hydrogens is 255 g/mol. The van der Waals surface area contributed by atoms with Gasteiger partial charge in [-0.1, -0.05) is 0 Å². The Kier molecular flexibility index (Phi) is 2.36. The van der Waals surface area contributed by atoms with E-state index in [1.165, 1.54) is 0 Å². The summed E-state index contributed by atoms with van der Waals surface area (Å²) in [5.41, 5.74) is 0. The second-order valence-electron chi connectivity index (χ2n) is 3.41. The zero-order chi connectivity index (χ0) is 7.84. The molecule has 0 aromatic rings. The lowest BCUT2D eigenvalue weighted by Crippen LogP contribution is -2.59. The average molecular weight is 268 g/mol. The summed E-state index contributed by atoms with van der Waals surface area (Å²) >= 11 is 2.43. The Morgan fingerprint density at radius 3 is 2.36 bits per heavy atom. The minimum absolute atomic E-state index is 0.619. The van der Waals surface area contributed by atoms with Crippen LogP contribution in [0.2, 0.25) is 0 Å². The number of halogens is 1. The average Bonchev–Trinajstić information content (AvgIpc) is 1.92. The number of hydrogen-bond donors (Lipinski definition) is 0. The molecule has 2 fully saturated rings. The molecule has 0 aromatic heterocycles. The summed E-state index contributed by atoms with van der Waals surface area (Å²) < 4.78 is 7.91. The summed E-state index contributed by atoms with van der Waals surface area (Å²) in [7, 11) is 2.19. The standard InChI is InChI=1S/C7H13IN2O/c1-9-2-6-4-11-5-7(3-9)10(6)8/h6-7H,2-5H2,1H3. The first-order valence-corrected chi connectivity index (χ1v) is 4.94. The predicted molar refractivity (Wildman–Crippen MR) is 51.8 cm³/mol. The number of morpholine rings is 1. The van der Waals surface area contributed by atoms with Crippen molar-refractivity contribution in [3.8, 4) is 0 Å². The van der Waals surface area contributed by atoms with Crippen molar-refractivity contribution in [2.75, 3.05) is 33.4 Å². The largest absolute Gasteiger partial charge is 0.378 e. The van der Waals surface area contributed by atoms with Crippen molar-refractivity contribution in [2.45, 2.75) is 12.1 Å². The predicted octanol–water partition coefficient (Wildman–Crippen LogP) is 0.351. The van der Waals surface area contributed by atoms with Crippen LogP contribution in [0.15, 0.2) is 0 Å². The maximum atomic E-state index is 5.48. The highest BCUT2D eigenvalue weighted by Crippen LogP contribution is 2.23. The molecule has 0 aliphatic carbocycles. The first-order chi connectivity index (χ1) is 5.27. The maximum absolute atomic E-state index is 5.48. The monoisotopic (exact) mass is 268 g/mol. The smallest absolute Gasteiger partial charge is 0.0643 e. The quantitative estimate of drug-likeness (QED) is 0.466. The Bertz CT molecular complexity index is 141. The summed E-state index contributed by atoms with van der Waals surface area (Å²) in [5, 5.41) is 0. The minimum Gasteiger partial charge on any atom is -0.378 e. The fourth-order valence-corrected chi connectivity index (χ4v) is 2.51.